The number of ether oxygens (including phenoxy) is 2. The summed E-state index contributed by atoms with van der Waals surface area (Å²) in [5.41, 5.74) is 4.46. The first-order valence-corrected chi connectivity index (χ1v) is 18.2. The standard InChI is InChI=1S/C37H39IN6O11/c1-20(40-36(52)55-18-26-24-9-5-3-7-22(24)23-8-4-6-10-25(23)26)33(49)42-28(17-45)35(51)41-27(16-32(47)48)34(50)39-19-44-31(46)13-14-43(37(44)53)29-15-21(38)11-12-30(29)54-2/h3-12,15,20,26-28,45H,13-14,16-19H2,1-2H3,(H,39,50)(H,40,52)(H,41,51)(H,42,49)(H,47,48)/t20-,27+,28+/m1/s1. The molecule has 55 heavy (non-hydrogen) atoms. The van der Waals surface area contributed by atoms with Crippen LogP contribution in [0.15, 0.2) is 66.7 Å². The van der Waals surface area contributed by atoms with Gasteiger partial charge in [-0.05, 0) is 70.0 Å². The molecule has 1 aliphatic heterocycles. The predicted molar refractivity (Wildman–Crippen MR) is 204 cm³/mol. The fourth-order valence-electron chi connectivity index (χ4n) is 6.25. The van der Waals surface area contributed by atoms with Gasteiger partial charge in [0.1, 0.15) is 37.2 Å². The van der Waals surface area contributed by atoms with E-state index in [9.17, 15) is 43.8 Å². The van der Waals surface area contributed by atoms with Gasteiger partial charge in [0.05, 0.1) is 25.8 Å². The highest BCUT2D eigenvalue weighted by molar-refractivity contribution is 14.1. The maximum Gasteiger partial charge on any atom is 0.407 e. The second-order valence-electron chi connectivity index (χ2n) is 12.6. The quantitative estimate of drug-likeness (QED) is 0.121. The molecule has 5 rings (SSSR count). The molecule has 7 amide bonds. The van der Waals surface area contributed by atoms with E-state index in [2.05, 4.69) is 43.9 Å². The lowest BCUT2D eigenvalue weighted by Gasteiger charge is -2.35. The number of carbonyl (C=O) groups excluding carboxylic acids is 6. The van der Waals surface area contributed by atoms with Gasteiger partial charge in [0.15, 0.2) is 0 Å². The van der Waals surface area contributed by atoms with Crippen molar-refractivity contribution in [3.8, 4) is 16.9 Å². The van der Waals surface area contributed by atoms with Crippen LogP contribution >= 0.6 is 22.6 Å². The number of alkyl carbamates (subject to hydrolysis) is 1. The molecular weight excluding hydrogens is 831 g/mol. The van der Waals surface area contributed by atoms with Crippen molar-refractivity contribution < 1.29 is 53.2 Å². The molecule has 3 aromatic rings. The molecule has 17 nitrogen and oxygen atoms in total. The van der Waals surface area contributed by atoms with Crippen LogP contribution in [0.5, 0.6) is 5.75 Å². The summed E-state index contributed by atoms with van der Waals surface area (Å²) in [7, 11) is 1.43. The lowest BCUT2D eigenvalue weighted by molar-refractivity contribution is -0.141. The number of hydrogen-bond donors (Lipinski definition) is 6. The van der Waals surface area contributed by atoms with E-state index >= 15 is 0 Å². The second kappa shape index (κ2) is 18.0. The van der Waals surface area contributed by atoms with Crippen molar-refractivity contribution in [1.29, 1.82) is 0 Å². The van der Waals surface area contributed by atoms with Gasteiger partial charge in [-0.2, -0.15) is 0 Å². The molecule has 3 atom stereocenters. The topological polar surface area (TPSA) is 233 Å². The number of imide groups is 1. The van der Waals surface area contributed by atoms with Crippen LogP contribution in [0, 0.1) is 3.57 Å². The van der Waals surface area contributed by atoms with Crippen LogP contribution in [-0.2, 0) is 28.7 Å². The second-order valence-corrected chi connectivity index (χ2v) is 13.9. The number of aliphatic carboxylic acids is 1. The van der Waals surface area contributed by atoms with E-state index in [0.717, 1.165) is 30.7 Å². The van der Waals surface area contributed by atoms with E-state index < -0.39 is 79.5 Å². The zero-order valence-corrected chi connectivity index (χ0v) is 31.9. The number of nitrogens with one attached hydrogen (secondary N) is 4. The summed E-state index contributed by atoms with van der Waals surface area (Å²) in [6.45, 7) is -0.245. The van der Waals surface area contributed by atoms with Crippen molar-refractivity contribution in [2.45, 2.75) is 43.8 Å². The summed E-state index contributed by atoms with van der Waals surface area (Å²) in [6.07, 6.45) is -1.91. The summed E-state index contributed by atoms with van der Waals surface area (Å²) in [6, 6.07) is 15.2. The minimum Gasteiger partial charge on any atom is -0.495 e. The van der Waals surface area contributed by atoms with Crippen molar-refractivity contribution in [2.24, 2.45) is 0 Å². The zero-order chi connectivity index (χ0) is 39.8. The number of halogens is 1. The Kier molecular flexibility index (Phi) is 13.3. The monoisotopic (exact) mass is 870 g/mol. The normalized spacial score (nSPS) is 15.2. The smallest absolute Gasteiger partial charge is 0.407 e. The van der Waals surface area contributed by atoms with Gasteiger partial charge in [0, 0.05) is 22.5 Å². The predicted octanol–water partition coefficient (Wildman–Crippen LogP) is 1.90. The fourth-order valence-corrected chi connectivity index (χ4v) is 6.73. The number of nitrogens with zero attached hydrogens (tertiary/aromatic N) is 2. The van der Waals surface area contributed by atoms with Crippen molar-refractivity contribution in [3.63, 3.8) is 0 Å². The summed E-state index contributed by atoms with van der Waals surface area (Å²) in [5.74, 6) is -5.00. The van der Waals surface area contributed by atoms with E-state index in [0.29, 0.717) is 11.4 Å². The molecule has 0 radical (unpaired) electrons. The van der Waals surface area contributed by atoms with Gasteiger partial charge in [0.25, 0.3) is 0 Å². The molecule has 3 aromatic carbocycles. The van der Waals surface area contributed by atoms with Crippen molar-refractivity contribution >= 4 is 70.0 Å². The first-order valence-electron chi connectivity index (χ1n) is 17.1. The van der Waals surface area contributed by atoms with E-state index in [4.69, 9.17) is 9.47 Å². The third-order valence-electron chi connectivity index (χ3n) is 9.05. The molecule has 1 fully saturated rings. The van der Waals surface area contributed by atoms with Gasteiger partial charge < -0.3 is 41.0 Å². The molecule has 1 saturated heterocycles. The highest BCUT2D eigenvalue weighted by Crippen LogP contribution is 2.44. The molecule has 0 aromatic heterocycles. The number of benzene rings is 3. The van der Waals surface area contributed by atoms with Crippen LogP contribution in [0.4, 0.5) is 15.3 Å². The number of aliphatic hydroxyl groups is 1. The van der Waals surface area contributed by atoms with Crippen LogP contribution in [0.1, 0.15) is 36.8 Å². The van der Waals surface area contributed by atoms with Gasteiger partial charge in [-0.25, -0.2) is 14.5 Å². The molecule has 0 spiro atoms. The third-order valence-corrected chi connectivity index (χ3v) is 9.72. The lowest BCUT2D eigenvalue weighted by Crippen LogP contribution is -2.59. The van der Waals surface area contributed by atoms with Gasteiger partial charge in [0.2, 0.25) is 23.6 Å². The van der Waals surface area contributed by atoms with Crippen molar-refractivity contribution in [3.05, 3.63) is 81.4 Å². The SMILES string of the molecule is COc1ccc(I)cc1N1CCC(=O)N(CNC(=O)[C@H](CC(=O)O)NC(=O)[C@H](CO)NC(=O)[C@@H](C)NC(=O)OCC2c3ccccc3-c3ccccc32)C1=O. The van der Waals surface area contributed by atoms with Crippen molar-refractivity contribution in [1.82, 2.24) is 26.2 Å². The Morgan fingerprint density at radius 3 is 2.15 bits per heavy atom. The maximum atomic E-state index is 13.3. The van der Waals surface area contributed by atoms with E-state index in [1.54, 1.807) is 18.2 Å². The number of rotatable bonds is 15. The Labute approximate surface area is 328 Å². The van der Waals surface area contributed by atoms with Crippen LogP contribution in [0.3, 0.4) is 0 Å². The van der Waals surface area contributed by atoms with Crippen molar-refractivity contribution in [2.75, 3.05) is 38.4 Å². The first kappa shape index (κ1) is 40.4. The minimum atomic E-state index is -1.74. The first-order chi connectivity index (χ1) is 26.3. The van der Waals surface area contributed by atoms with E-state index in [1.165, 1.54) is 18.9 Å². The molecule has 0 bridgehead atoms. The Balaban J connectivity index is 1.14. The third kappa shape index (κ3) is 9.49. The number of urea groups is 1. The number of fused-ring (bicyclic) bond motifs is 3. The minimum absolute atomic E-state index is 0.0115. The maximum absolute atomic E-state index is 13.3. The van der Waals surface area contributed by atoms with Crippen LogP contribution in [0.2, 0.25) is 0 Å². The van der Waals surface area contributed by atoms with Gasteiger partial charge in [-0.3, -0.25) is 28.9 Å². The van der Waals surface area contributed by atoms with E-state index in [-0.39, 0.29) is 25.5 Å². The lowest BCUT2D eigenvalue weighted by atomic mass is 9.98. The number of aliphatic hydroxyl groups excluding tert-OH is 1. The summed E-state index contributed by atoms with van der Waals surface area (Å²) in [5, 5.41) is 28.5. The van der Waals surface area contributed by atoms with Gasteiger partial charge >= 0.3 is 18.1 Å². The highest BCUT2D eigenvalue weighted by atomic mass is 127. The average Bonchev–Trinajstić information content (AvgIpc) is 3.48. The zero-order valence-electron chi connectivity index (χ0n) is 29.7. The Hall–Kier alpha value is -5.76. The van der Waals surface area contributed by atoms with Crippen LogP contribution in [-0.4, -0.2) is 108 Å². The summed E-state index contributed by atoms with van der Waals surface area (Å²) >= 11 is 2.06. The molecule has 1 heterocycles. The Bertz CT molecular complexity index is 1950. The average molecular weight is 871 g/mol. The van der Waals surface area contributed by atoms with Crippen LogP contribution in [0.25, 0.3) is 11.1 Å². The molecule has 6 N–H and O–H groups in total. The Morgan fingerprint density at radius 1 is 0.891 bits per heavy atom. The molecule has 0 saturated carbocycles. The number of hydrogen-bond acceptors (Lipinski definition) is 10. The van der Waals surface area contributed by atoms with Gasteiger partial charge in [-0.1, -0.05) is 48.5 Å². The number of amides is 7. The molecule has 18 heteroatoms. The Morgan fingerprint density at radius 2 is 1.53 bits per heavy atom. The van der Waals surface area contributed by atoms with Gasteiger partial charge in [-0.15, -0.1) is 0 Å². The highest BCUT2D eigenvalue weighted by Gasteiger charge is 2.36. The molecule has 0 unspecified atom stereocenters. The number of carboxylic acid groups (broad SMARTS) is 1. The largest absolute Gasteiger partial charge is 0.495 e. The number of carbonyl (C=O) groups is 7. The van der Waals surface area contributed by atoms with Crippen LogP contribution < -0.4 is 30.9 Å². The molecule has 290 valence electrons. The number of carboxylic acids is 1. The van der Waals surface area contributed by atoms with E-state index in [1.807, 2.05) is 48.5 Å². The molecular formula is C37H39IN6O11. The molecule has 2 aliphatic rings. The molecule has 1 aliphatic carbocycles. The number of methoxy groups -OCH3 is 1. The number of anilines is 1. The fraction of sp³-hybridized carbons (Fsp3) is 0.324. The summed E-state index contributed by atoms with van der Waals surface area (Å²) < 4.78 is 11.6. The summed E-state index contributed by atoms with van der Waals surface area (Å²) in [4.78, 5) is 91.6.